The quantitative estimate of drug-likeness (QED) is 0.855. The van der Waals surface area contributed by atoms with Crippen molar-refractivity contribution in [2.24, 2.45) is 5.92 Å². The van der Waals surface area contributed by atoms with E-state index in [0.29, 0.717) is 5.92 Å². The van der Waals surface area contributed by atoms with Crippen LogP contribution in [0.3, 0.4) is 0 Å². The highest BCUT2D eigenvalue weighted by atomic mass is 79.9. The third-order valence-electron chi connectivity index (χ3n) is 3.16. The normalized spacial score (nSPS) is 30.8. The molecule has 1 heterocycles. The fourth-order valence-corrected chi connectivity index (χ4v) is 4.10. The molecule has 1 aromatic carbocycles. The average molecular weight is 287 g/mol. The third-order valence-corrected chi connectivity index (χ3v) is 5.03. The molecule has 1 N–H and O–H groups in total. The van der Waals surface area contributed by atoms with Gasteiger partial charge in [0, 0.05) is 10.2 Å². The first-order valence-electron chi connectivity index (χ1n) is 5.11. The molecule has 0 saturated carbocycles. The zero-order valence-electron chi connectivity index (χ0n) is 8.96. The standard InChI is InChI=1S/C12H15BrOS/c1-8-5-10(13)3-4-11(8)12(14)7-15-6-9(12)2/h3-5,9,14H,6-7H2,1-2H3. The van der Waals surface area contributed by atoms with Crippen LogP contribution in [0.15, 0.2) is 22.7 Å². The minimum Gasteiger partial charge on any atom is -0.384 e. The van der Waals surface area contributed by atoms with E-state index in [1.165, 1.54) is 5.56 Å². The number of benzene rings is 1. The molecular weight excluding hydrogens is 272 g/mol. The second-order valence-electron chi connectivity index (χ2n) is 4.30. The highest BCUT2D eigenvalue weighted by Gasteiger charge is 2.41. The molecule has 0 spiro atoms. The van der Waals surface area contributed by atoms with Gasteiger partial charge in [0.1, 0.15) is 5.60 Å². The van der Waals surface area contributed by atoms with Gasteiger partial charge in [-0.15, -0.1) is 0 Å². The van der Waals surface area contributed by atoms with Crippen molar-refractivity contribution in [2.75, 3.05) is 11.5 Å². The summed E-state index contributed by atoms with van der Waals surface area (Å²) in [4.78, 5) is 0. The lowest BCUT2D eigenvalue weighted by Gasteiger charge is -2.29. The Labute approximate surface area is 103 Å². The molecule has 1 nitrogen and oxygen atoms in total. The molecule has 2 rings (SSSR count). The van der Waals surface area contributed by atoms with Gasteiger partial charge in [-0.05, 0) is 41.9 Å². The summed E-state index contributed by atoms with van der Waals surface area (Å²) >= 11 is 5.29. The Morgan fingerprint density at radius 1 is 1.53 bits per heavy atom. The van der Waals surface area contributed by atoms with Gasteiger partial charge >= 0.3 is 0 Å². The van der Waals surface area contributed by atoms with Crippen molar-refractivity contribution in [3.8, 4) is 0 Å². The lowest BCUT2D eigenvalue weighted by Crippen LogP contribution is -2.33. The Kier molecular flexibility index (Phi) is 3.15. The van der Waals surface area contributed by atoms with Crippen LogP contribution in [0.25, 0.3) is 0 Å². The van der Waals surface area contributed by atoms with E-state index < -0.39 is 5.60 Å². The van der Waals surface area contributed by atoms with Gasteiger partial charge in [0.05, 0.1) is 0 Å². The van der Waals surface area contributed by atoms with Gasteiger partial charge in [-0.3, -0.25) is 0 Å². The highest BCUT2D eigenvalue weighted by Crippen LogP contribution is 2.42. The number of thioether (sulfide) groups is 1. The van der Waals surface area contributed by atoms with Gasteiger partial charge in [-0.2, -0.15) is 11.8 Å². The lowest BCUT2D eigenvalue weighted by molar-refractivity contribution is 0.0228. The number of aliphatic hydroxyl groups is 1. The van der Waals surface area contributed by atoms with Crippen molar-refractivity contribution < 1.29 is 5.11 Å². The van der Waals surface area contributed by atoms with E-state index in [0.717, 1.165) is 21.5 Å². The largest absolute Gasteiger partial charge is 0.384 e. The van der Waals surface area contributed by atoms with Crippen LogP contribution in [0.2, 0.25) is 0 Å². The van der Waals surface area contributed by atoms with Gasteiger partial charge in [0.25, 0.3) is 0 Å². The van der Waals surface area contributed by atoms with Crippen LogP contribution in [0.4, 0.5) is 0 Å². The second kappa shape index (κ2) is 4.11. The summed E-state index contributed by atoms with van der Waals surface area (Å²) in [5, 5.41) is 10.7. The molecule has 0 bridgehead atoms. The summed E-state index contributed by atoms with van der Waals surface area (Å²) in [5.74, 6) is 2.20. The fourth-order valence-electron chi connectivity index (χ4n) is 2.13. The smallest absolute Gasteiger partial charge is 0.102 e. The number of rotatable bonds is 1. The van der Waals surface area contributed by atoms with Crippen molar-refractivity contribution in [1.82, 2.24) is 0 Å². The van der Waals surface area contributed by atoms with Crippen LogP contribution in [0.5, 0.6) is 0 Å². The number of hydrogen-bond donors (Lipinski definition) is 1. The Hall–Kier alpha value is 0.01000. The predicted octanol–water partition coefficient (Wildman–Crippen LogP) is 3.33. The van der Waals surface area contributed by atoms with E-state index in [9.17, 15) is 5.11 Å². The topological polar surface area (TPSA) is 20.2 Å². The number of hydrogen-bond acceptors (Lipinski definition) is 2. The molecule has 2 atom stereocenters. The van der Waals surface area contributed by atoms with Crippen molar-refractivity contribution in [1.29, 1.82) is 0 Å². The molecule has 82 valence electrons. The van der Waals surface area contributed by atoms with E-state index in [-0.39, 0.29) is 0 Å². The summed E-state index contributed by atoms with van der Waals surface area (Å²) in [7, 11) is 0. The maximum absolute atomic E-state index is 10.7. The third kappa shape index (κ3) is 1.97. The Morgan fingerprint density at radius 3 is 2.80 bits per heavy atom. The van der Waals surface area contributed by atoms with Crippen LogP contribution in [-0.4, -0.2) is 16.6 Å². The van der Waals surface area contributed by atoms with E-state index in [1.54, 1.807) is 0 Å². The van der Waals surface area contributed by atoms with Crippen molar-refractivity contribution in [2.45, 2.75) is 19.4 Å². The van der Waals surface area contributed by atoms with Gasteiger partial charge < -0.3 is 5.11 Å². The Bertz CT molecular complexity index is 380. The second-order valence-corrected chi connectivity index (χ2v) is 6.25. The fraction of sp³-hybridized carbons (Fsp3) is 0.500. The van der Waals surface area contributed by atoms with E-state index in [1.807, 2.05) is 23.9 Å². The number of aryl methyl sites for hydroxylation is 1. The SMILES string of the molecule is Cc1cc(Br)ccc1C1(O)CSCC1C. The van der Waals surface area contributed by atoms with Crippen LogP contribution in [0, 0.1) is 12.8 Å². The molecule has 1 fully saturated rings. The van der Waals surface area contributed by atoms with Crippen LogP contribution >= 0.6 is 27.7 Å². The van der Waals surface area contributed by atoms with Gasteiger partial charge in [0.15, 0.2) is 0 Å². The maximum atomic E-state index is 10.7. The van der Waals surface area contributed by atoms with Crippen LogP contribution in [-0.2, 0) is 5.60 Å². The summed E-state index contributed by atoms with van der Waals surface area (Å²) in [6.45, 7) is 4.19. The molecular formula is C12H15BrOS. The van der Waals surface area contributed by atoms with Gasteiger partial charge in [-0.25, -0.2) is 0 Å². The monoisotopic (exact) mass is 286 g/mol. The molecule has 15 heavy (non-hydrogen) atoms. The van der Waals surface area contributed by atoms with Gasteiger partial charge in [0.2, 0.25) is 0 Å². The molecule has 0 aliphatic carbocycles. The van der Waals surface area contributed by atoms with E-state index in [4.69, 9.17) is 0 Å². The van der Waals surface area contributed by atoms with Crippen molar-refractivity contribution in [3.05, 3.63) is 33.8 Å². The van der Waals surface area contributed by atoms with Crippen LogP contribution < -0.4 is 0 Å². The molecule has 2 unspecified atom stereocenters. The minimum absolute atomic E-state index is 0.336. The first-order chi connectivity index (χ1) is 7.04. The molecule has 1 aliphatic heterocycles. The summed E-state index contributed by atoms with van der Waals surface area (Å²) < 4.78 is 1.07. The zero-order chi connectivity index (χ0) is 11.1. The highest BCUT2D eigenvalue weighted by molar-refractivity contribution is 9.10. The first kappa shape index (κ1) is 11.5. The Morgan fingerprint density at radius 2 is 2.27 bits per heavy atom. The molecule has 1 aliphatic rings. The van der Waals surface area contributed by atoms with Gasteiger partial charge in [-0.1, -0.05) is 28.9 Å². The molecule has 1 aromatic rings. The summed E-state index contributed by atoms with van der Waals surface area (Å²) in [6.07, 6.45) is 0. The minimum atomic E-state index is -0.630. The van der Waals surface area contributed by atoms with Crippen molar-refractivity contribution in [3.63, 3.8) is 0 Å². The molecule has 1 saturated heterocycles. The predicted molar refractivity (Wildman–Crippen MR) is 69.3 cm³/mol. The van der Waals surface area contributed by atoms with E-state index >= 15 is 0 Å². The number of halogens is 1. The first-order valence-corrected chi connectivity index (χ1v) is 7.05. The maximum Gasteiger partial charge on any atom is 0.102 e. The van der Waals surface area contributed by atoms with E-state index in [2.05, 4.69) is 35.8 Å². The summed E-state index contributed by atoms with van der Waals surface area (Å²) in [6, 6.07) is 6.13. The average Bonchev–Trinajstić information content (AvgIpc) is 2.47. The molecule has 3 heteroatoms. The zero-order valence-corrected chi connectivity index (χ0v) is 11.4. The molecule has 0 radical (unpaired) electrons. The summed E-state index contributed by atoms with van der Waals surface area (Å²) in [5.41, 5.74) is 1.62. The molecule has 0 amide bonds. The molecule has 0 aromatic heterocycles. The Balaban J connectivity index is 2.44. The van der Waals surface area contributed by atoms with Crippen molar-refractivity contribution >= 4 is 27.7 Å². The lowest BCUT2D eigenvalue weighted by atomic mass is 9.83. The van der Waals surface area contributed by atoms with Crippen LogP contribution in [0.1, 0.15) is 18.1 Å².